The number of carbonyl (C=O) groups is 6. The average Bonchev–Trinajstić information content (AvgIpc) is 3.44. The van der Waals surface area contributed by atoms with E-state index in [4.69, 9.17) is 0 Å². The van der Waals surface area contributed by atoms with Crippen molar-refractivity contribution in [2.45, 2.75) is 12.3 Å². The number of benzene rings is 2. The lowest BCUT2D eigenvalue weighted by atomic mass is 10.1. The Labute approximate surface area is 220 Å². The largest absolute Gasteiger partial charge is 0.349 e. The van der Waals surface area contributed by atoms with Gasteiger partial charge in [0.25, 0.3) is 28.2 Å². The molecule has 0 spiro atoms. The summed E-state index contributed by atoms with van der Waals surface area (Å²) in [6, 6.07) is 13.9. The third kappa shape index (κ3) is 4.62. The zero-order chi connectivity index (χ0) is 26.3. The molecule has 0 radical (unpaired) electrons. The van der Waals surface area contributed by atoms with Crippen LogP contribution in [0, 0.1) is 6.92 Å². The molecule has 0 N–H and O–H groups in total. The van der Waals surface area contributed by atoms with Gasteiger partial charge in [-0.1, -0.05) is 36.0 Å². The molecule has 12 heteroatoms. The first-order valence-corrected chi connectivity index (χ1v) is 13.4. The summed E-state index contributed by atoms with van der Waals surface area (Å²) in [5, 5.41) is -1.75. The summed E-state index contributed by atoms with van der Waals surface area (Å²) in [6.07, 6.45) is 0. The average molecular weight is 539 g/mol. The molecular weight excluding hydrogens is 516 g/mol. The second-order valence-electron chi connectivity index (χ2n) is 8.67. The van der Waals surface area contributed by atoms with Gasteiger partial charge in [0, 0.05) is 31.9 Å². The van der Waals surface area contributed by atoms with Gasteiger partial charge in [-0.05, 0) is 48.5 Å². The van der Waals surface area contributed by atoms with Gasteiger partial charge in [0.15, 0.2) is 5.37 Å². The van der Waals surface area contributed by atoms with Crippen LogP contribution < -0.4 is 4.90 Å². The molecule has 2 fully saturated rings. The molecule has 190 valence electrons. The summed E-state index contributed by atoms with van der Waals surface area (Å²) in [5.74, 6) is -1.60. The predicted molar refractivity (Wildman–Crippen MR) is 138 cm³/mol. The molecule has 3 aliphatic heterocycles. The van der Waals surface area contributed by atoms with Gasteiger partial charge >= 0.3 is 0 Å². The van der Waals surface area contributed by atoms with E-state index in [0.29, 0.717) is 16.8 Å². The van der Waals surface area contributed by atoms with E-state index in [9.17, 15) is 28.8 Å². The number of hydrogen-bond donors (Lipinski definition) is 0. The Balaban J connectivity index is 1.32. The fourth-order valence-electron chi connectivity index (χ4n) is 4.47. The lowest BCUT2D eigenvalue weighted by molar-refractivity contribution is -0.126. The van der Waals surface area contributed by atoms with Crippen LogP contribution in [0.5, 0.6) is 0 Å². The fourth-order valence-corrected chi connectivity index (χ4v) is 6.30. The highest BCUT2D eigenvalue weighted by Crippen LogP contribution is 2.34. The minimum Gasteiger partial charge on any atom is -0.349 e. The van der Waals surface area contributed by atoms with Crippen molar-refractivity contribution in [1.82, 2.24) is 14.7 Å². The number of anilines is 1. The van der Waals surface area contributed by atoms with Gasteiger partial charge in [-0.15, -0.1) is 0 Å². The molecule has 5 rings (SSSR count). The van der Waals surface area contributed by atoms with Gasteiger partial charge in [-0.2, -0.15) is 0 Å². The Morgan fingerprint density at radius 1 is 0.811 bits per heavy atom. The van der Waals surface area contributed by atoms with Crippen molar-refractivity contribution in [3.05, 3.63) is 65.2 Å². The summed E-state index contributed by atoms with van der Waals surface area (Å²) in [4.78, 5) is 80.8. The van der Waals surface area contributed by atoms with Crippen LogP contribution in [0.4, 0.5) is 15.3 Å². The second-order valence-corrected chi connectivity index (χ2v) is 10.6. The monoisotopic (exact) mass is 538 g/mol. The van der Waals surface area contributed by atoms with Gasteiger partial charge in [0.05, 0.1) is 16.9 Å². The smallest absolute Gasteiger partial charge is 0.290 e. The van der Waals surface area contributed by atoms with Crippen LogP contribution in [0.2, 0.25) is 0 Å². The fraction of sp³-hybridized carbons (Fsp3) is 0.280. The Morgan fingerprint density at radius 2 is 1.49 bits per heavy atom. The highest BCUT2D eigenvalue weighted by Gasteiger charge is 2.45. The van der Waals surface area contributed by atoms with E-state index in [0.717, 1.165) is 43.8 Å². The van der Waals surface area contributed by atoms with Crippen molar-refractivity contribution in [3.63, 3.8) is 0 Å². The van der Waals surface area contributed by atoms with Crippen LogP contribution in [0.15, 0.2) is 48.5 Å². The zero-order valence-corrected chi connectivity index (χ0v) is 21.4. The van der Waals surface area contributed by atoms with E-state index in [1.54, 1.807) is 35.2 Å². The number of carbonyl (C=O) groups excluding carboxylic acids is 6. The summed E-state index contributed by atoms with van der Waals surface area (Å²) < 4.78 is 0. The molecule has 2 aromatic carbocycles. The number of hydrogen-bond acceptors (Lipinski definition) is 9. The number of rotatable bonds is 8. The molecule has 6 amide bonds. The lowest BCUT2D eigenvalue weighted by Crippen LogP contribution is -2.47. The summed E-state index contributed by atoms with van der Waals surface area (Å²) >= 11 is 1.76. The third-order valence-corrected chi connectivity index (χ3v) is 8.32. The van der Waals surface area contributed by atoms with E-state index < -0.39 is 28.3 Å². The van der Waals surface area contributed by atoms with Crippen molar-refractivity contribution >= 4 is 63.3 Å². The number of aryl methyl sites for hydroxylation is 1. The van der Waals surface area contributed by atoms with Crippen molar-refractivity contribution in [1.29, 1.82) is 0 Å². The van der Waals surface area contributed by atoms with Crippen molar-refractivity contribution in [2.24, 2.45) is 0 Å². The van der Waals surface area contributed by atoms with Gasteiger partial charge in [-0.25, -0.2) is 0 Å². The molecule has 2 saturated heterocycles. The molecule has 37 heavy (non-hydrogen) atoms. The molecule has 0 aliphatic carbocycles. The Morgan fingerprint density at radius 3 is 2.11 bits per heavy atom. The topological polar surface area (TPSA) is 115 Å². The van der Waals surface area contributed by atoms with Crippen molar-refractivity contribution in [2.75, 3.05) is 36.8 Å². The highest BCUT2D eigenvalue weighted by atomic mass is 32.2. The lowest BCUT2D eigenvalue weighted by Gasteiger charge is -2.30. The third-order valence-electron chi connectivity index (χ3n) is 6.36. The first-order valence-electron chi connectivity index (χ1n) is 11.5. The molecule has 0 saturated carbocycles. The molecule has 0 bridgehead atoms. The Bertz CT molecular complexity index is 1300. The Kier molecular flexibility index (Phi) is 6.78. The number of nitrogens with zero attached hydrogens (tertiary/aromatic N) is 4. The number of fused-ring (bicyclic) bond motifs is 1. The molecule has 3 heterocycles. The second kappa shape index (κ2) is 10.0. The maximum absolute atomic E-state index is 13.4. The molecule has 10 nitrogen and oxygen atoms in total. The quantitative estimate of drug-likeness (QED) is 0.468. The molecule has 0 aromatic heterocycles. The first-order chi connectivity index (χ1) is 17.8. The van der Waals surface area contributed by atoms with Crippen LogP contribution in [0.3, 0.4) is 0 Å². The van der Waals surface area contributed by atoms with E-state index >= 15 is 0 Å². The number of imide groups is 3. The number of thioether (sulfide) groups is 2. The number of amides is 6. The first kappa shape index (κ1) is 25.0. The molecule has 1 atom stereocenters. The summed E-state index contributed by atoms with van der Waals surface area (Å²) in [7, 11) is 0. The van der Waals surface area contributed by atoms with E-state index in [-0.39, 0.29) is 43.1 Å². The molecule has 3 aliphatic rings. The highest BCUT2D eigenvalue weighted by molar-refractivity contribution is 8.15. The van der Waals surface area contributed by atoms with Gasteiger partial charge in [-0.3, -0.25) is 43.5 Å². The van der Waals surface area contributed by atoms with Crippen LogP contribution in [0.1, 0.15) is 26.3 Å². The van der Waals surface area contributed by atoms with E-state index in [1.807, 2.05) is 25.1 Å². The van der Waals surface area contributed by atoms with E-state index in [2.05, 4.69) is 0 Å². The SMILES string of the molecule is Cc1cccc(N(CCN2C(=O)CSC2=O)C2SC(=O)N(CCN3C(=O)c4ccccc4C3=O)C2=O)c1. The maximum atomic E-state index is 13.4. The predicted octanol–water partition coefficient (Wildman–Crippen LogP) is 2.81. The molecule has 2 aromatic rings. The van der Waals surface area contributed by atoms with Gasteiger partial charge < -0.3 is 4.90 Å². The van der Waals surface area contributed by atoms with Crippen LogP contribution in [0.25, 0.3) is 0 Å². The van der Waals surface area contributed by atoms with Gasteiger partial charge in [0.1, 0.15) is 0 Å². The molecule has 1 unspecified atom stereocenters. The minimum atomic E-state index is -0.920. The van der Waals surface area contributed by atoms with Crippen molar-refractivity contribution in [3.8, 4) is 0 Å². The van der Waals surface area contributed by atoms with Crippen LogP contribution >= 0.6 is 23.5 Å². The summed E-state index contributed by atoms with van der Waals surface area (Å²) in [6.45, 7) is 1.88. The molecular formula is C25H22N4O6S2. The van der Waals surface area contributed by atoms with Crippen LogP contribution in [-0.2, 0) is 9.59 Å². The van der Waals surface area contributed by atoms with Crippen LogP contribution in [-0.4, -0.2) is 86.1 Å². The van der Waals surface area contributed by atoms with Crippen molar-refractivity contribution < 1.29 is 28.8 Å². The standard InChI is InChI=1S/C25H22N4O6S2/c1-15-5-4-6-16(13-15)26(9-10-27-19(30)14-36-24(27)34)23-22(33)29(25(35)37-23)12-11-28-20(31)17-7-2-3-8-18(17)21(28)32/h2-8,13,23H,9-12,14H2,1H3. The zero-order valence-electron chi connectivity index (χ0n) is 19.8. The minimum absolute atomic E-state index is 0.0756. The summed E-state index contributed by atoms with van der Waals surface area (Å²) in [5.41, 5.74) is 2.21. The Hall–Kier alpha value is -3.64. The maximum Gasteiger partial charge on any atom is 0.290 e. The van der Waals surface area contributed by atoms with E-state index in [1.165, 1.54) is 0 Å². The van der Waals surface area contributed by atoms with Gasteiger partial charge in [0.2, 0.25) is 5.91 Å². The normalized spacial score (nSPS) is 19.5.